The van der Waals surface area contributed by atoms with Gasteiger partial charge in [-0.1, -0.05) is 60.7 Å². The van der Waals surface area contributed by atoms with Crippen LogP contribution >= 0.6 is 0 Å². The summed E-state index contributed by atoms with van der Waals surface area (Å²) in [5.41, 5.74) is 4.36. The van der Waals surface area contributed by atoms with Gasteiger partial charge in [0.25, 0.3) is 0 Å². The van der Waals surface area contributed by atoms with Gasteiger partial charge in [0.15, 0.2) is 0 Å². The van der Waals surface area contributed by atoms with Gasteiger partial charge in [0.2, 0.25) is 0 Å². The molecule has 130 valence electrons. The minimum absolute atomic E-state index is 0.938. The third-order valence-electron chi connectivity index (χ3n) is 5.95. The van der Waals surface area contributed by atoms with Crippen LogP contribution in [0.4, 0.5) is 0 Å². The van der Waals surface area contributed by atoms with Crippen LogP contribution in [0.1, 0.15) is 0 Å². The van der Waals surface area contributed by atoms with E-state index in [9.17, 15) is 0 Å². The van der Waals surface area contributed by atoms with Crippen LogP contribution in [-0.4, -0.2) is 4.40 Å². The molecule has 2 nitrogen and oxygen atoms in total. The van der Waals surface area contributed by atoms with Crippen molar-refractivity contribution in [1.29, 1.82) is 0 Å². The molecule has 0 saturated carbocycles. The van der Waals surface area contributed by atoms with E-state index in [2.05, 4.69) is 83.4 Å². The molecular formula is C26H15NO. The molecule has 0 aliphatic carbocycles. The molecule has 3 aromatic heterocycles. The second kappa shape index (κ2) is 4.93. The maximum absolute atomic E-state index is 6.18. The van der Waals surface area contributed by atoms with Crippen molar-refractivity contribution in [3.8, 4) is 0 Å². The van der Waals surface area contributed by atoms with Crippen LogP contribution in [0, 0.1) is 0 Å². The molecule has 7 rings (SSSR count). The molecule has 0 fully saturated rings. The molecule has 0 saturated heterocycles. The summed E-state index contributed by atoms with van der Waals surface area (Å²) in [6.45, 7) is 0. The van der Waals surface area contributed by atoms with E-state index in [1.165, 1.54) is 48.7 Å². The van der Waals surface area contributed by atoms with E-state index >= 15 is 0 Å². The average molecular weight is 357 g/mol. The topological polar surface area (TPSA) is 17.6 Å². The summed E-state index contributed by atoms with van der Waals surface area (Å²) < 4.78 is 8.53. The number of furan rings is 1. The Morgan fingerprint density at radius 2 is 1.29 bits per heavy atom. The Morgan fingerprint density at radius 1 is 0.536 bits per heavy atom. The summed E-state index contributed by atoms with van der Waals surface area (Å²) in [7, 11) is 0. The Balaban J connectivity index is 1.85. The summed E-state index contributed by atoms with van der Waals surface area (Å²) in [6.07, 6.45) is 2.25. The van der Waals surface area contributed by atoms with Crippen molar-refractivity contribution in [3.63, 3.8) is 0 Å². The van der Waals surface area contributed by atoms with Crippen molar-refractivity contribution in [3.05, 3.63) is 91.1 Å². The molecule has 4 aromatic carbocycles. The quantitative estimate of drug-likeness (QED) is 0.260. The van der Waals surface area contributed by atoms with E-state index in [-0.39, 0.29) is 0 Å². The molecule has 0 spiro atoms. The van der Waals surface area contributed by atoms with Gasteiger partial charge in [-0.3, -0.25) is 0 Å². The lowest BCUT2D eigenvalue weighted by Gasteiger charge is -2.09. The molecule has 0 aliphatic heterocycles. The molecule has 3 heterocycles. The first kappa shape index (κ1) is 14.3. The van der Waals surface area contributed by atoms with Gasteiger partial charge in [0, 0.05) is 38.5 Å². The number of hydrogen-bond acceptors (Lipinski definition) is 1. The summed E-state index contributed by atoms with van der Waals surface area (Å²) in [6, 6.07) is 30.1. The fourth-order valence-corrected chi connectivity index (χ4v) is 4.73. The lowest BCUT2D eigenvalue weighted by atomic mass is 10.0. The minimum Gasteiger partial charge on any atom is -0.456 e. The predicted octanol–water partition coefficient (Wildman–Crippen LogP) is 7.30. The van der Waals surface area contributed by atoms with E-state index in [4.69, 9.17) is 4.42 Å². The Hall–Kier alpha value is -3.78. The van der Waals surface area contributed by atoms with E-state index < -0.39 is 0 Å². The molecule has 0 unspecified atom stereocenters. The number of rotatable bonds is 0. The largest absolute Gasteiger partial charge is 0.456 e. The predicted molar refractivity (Wildman–Crippen MR) is 117 cm³/mol. The third kappa shape index (κ3) is 1.68. The normalized spacial score (nSPS) is 12.3. The first-order valence-corrected chi connectivity index (χ1v) is 9.54. The van der Waals surface area contributed by atoms with Crippen molar-refractivity contribution in [2.45, 2.75) is 0 Å². The van der Waals surface area contributed by atoms with Gasteiger partial charge in [-0.05, 0) is 29.7 Å². The van der Waals surface area contributed by atoms with E-state index in [0.29, 0.717) is 0 Å². The maximum Gasteiger partial charge on any atom is 0.136 e. The van der Waals surface area contributed by atoms with Crippen LogP contribution < -0.4 is 0 Å². The molecule has 0 amide bonds. The number of hydrogen-bond donors (Lipinski definition) is 0. The van der Waals surface area contributed by atoms with Crippen LogP contribution in [0.15, 0.2) is 95.5 Å². The van der Waals surface area contributed by atoms with Gasteiger partial charge >= 0.3 is 0 Å². The smallest absolute Gasteiger partial charge is 0.136 e. The highest BCUT2D eigenvalue weighted by Gasteiger charge is 2.15. The third-order valence-corrected chi connectivity index (χ3v) is 5.95. The van der Waals surface area contributed by atoms with Gasteiger partial charge in [0.1, 0.15) is 11.2 Å². The summed E-state index contributed by atoms with van der Waals surface area (Å²) >= 11 is 0. The zero-order chi connectivity index (χ0) is 18.2. The maximum atomic E-state index is 6.18. The van der Waals surface area contributed by atoms with E-state index in [1.807, 2.05) is 12.1 Å². The second-order valence-corrected chi connectivity index (χ2v) is 7.44. The van der Waals surface area contributed by atoms with Crippen molar-refractivity contribution in [2.75, 3.05) is 0 Å². The number of fused-ring (bicyclic) bond motifs is 11. The Kier molecular flexibility index (Phi) is 2.52. The molecule has 0 aliphatic rings. The second-order valence-electron chi connectivity index (χ2n) is 7.44. The summed E-state index contributed by atoms with van der Waals surface area (Å²) in [4.78, 5) is 0. The Bertz CT molecular complexity index is 1720. The van der Waals surface area contributed by atoms with Crippen LogP contribution in [0.5, 0.6) is 0 Å². The van der Waals surface area contributed by atoms with E-state index in [1.54, 1.807) is 0 Å². The highest BCUT2D eigenvalue weighted by atomic mass is 16.3. The van der Waals surface area contributed by atoms with Gasteiger partial charge in [-0.15, -0.1) is 0 Å². The van der Waals surface area contributed by atoms with Crippen LogP contribution in [0.25, 0.3) is 59.9 Å². The molecule has 0 radical (unpaired) electrons. The highest BCUT2D eigenvalue weighted by molar-refractivity contribution is 6.23. The molecule has 7 aromatic rings. The van der Waals surface area contributed by atoms with Gasteiger partial charge in [0.05, 0.1) is 11.0 Å². The minimum atomic E-state index is 0.938. The van der Waals surface area contributed by atoms with Crippen LogP contribution in [0.3, 0.4) is 0 Å². The zero-order valence-electron chi connectivity index (χ0n) is 15.0. The van der Waals surface area contributed by atoms with Crippen molar-refractivity contribution < 1.29 is 4.42 Å². The fourth-order valence-electron chi connectivity index (χ4n) is 4.73. The monoisotopic (exact) mass is 357 g/mol. The number of aromatic nitrogens is 1. The van der Waals surface area contributed by atoms with E-state index in [0.717, 1.165) is 11.2 Å². The molecule has 0 N–H and O–H groups in total. The van der Waals surface area contributed by atoms with Gasteiger partial charge in [-0.25, -0.2) is 0 Å². The van der Waals surface area contributed by atoms with Crippen molar-refractivity contribution >= 4 is 59.9 Å². The summed E-state index contributed by atoms with van der Waals surface area (Å²) in [5.74, 6) is 0. The Labute approximate surface area is 160 Å². The lowest BCUT2D eigenvalue weighted by Crippen LogP contribution is -1.89. The van der Waals surface area contributed by atoms with Crippen molar-refractivity contribution in [2.24, 2.45) is 0 Å². The number of pyridine rings is 1. The number of para-hydroxylation sites is 2. The molecule has 0 bridgehead atoms. The molecular weight excluding hydrogens is 342 g/mol. The SMILES string of the molecule is c1ccc2c(c1)cn1c3ccccc3c3cc4oc5ccccc5c4cc3c21. The fraction of sp³-hybridized carbons (Fsp3) is 0. The van der Waals surface area contributed by atoms with Gasteiger partial charge in [-0.2, -0.15) is 0 Å². The van der Waals surface area contributed by atoms with Gasteiger partial charge < -0.3 is 8.82 Å². The average Bonchev–Trinajstić information content (AvgIpc) is 3.31. The molecule has 28 heavy (non-hydrogen) atoms. The van der Waals surface area contributed by atoms with Crippen LogP contribution in [-0.2, 0) is 0 Å². The molecule has 0 atom stereocenters. The first-order chi connectivity index (χ1) is 13.9. The lowest BCUT2D eigenvalue weighted by molar-refractivity contribution is 0.669. The standard InChI is InChI=1S/C26H15NO/c1-2-8-17-16(7-1)15-27-23-11-5-3-9-18(23)20-14-25-21(13-22(20)26(17)27)19-10-4-6-12-24(19)28-25/h1-15H. The molecule has 2 heteroatoms. The summed E-state index contributed by atoms with van der Waals surface area (Å²) in [5, 5.41) is 8.62. The number of benzene rings is 4. The zero-order valence-corrected chi connectivity index (χ0v) is 15.0. The Morgan fingerprint density at radius 3 is 2.21 bits per heavy atom. The van der Waals surface area contributed by atoms with Crippen LogP contribution in [0.2, 0.25) is 0 Å². The van der Waals surface area contributed by atoms with Crippen molar-refractivity contribution in [1.82, 2.24) is 4.40 Å². The highest BCUT2D eigenvalue weighted by Crippen LogP contribution is 2.39. The number of nitrogens with zero attached hydrogens (tertiary/aromatic N) is 1. The first-order valence-electron chi connectivity index (χ1n) is 9.54.